The van der Waals surface area contributed by atoms with Crippen LogP contribution in [0.3, 0.4) is 0 Å². The maximum absolute atomic E-state index is 4.54. The van der Waals surface area contributed by atoms with Crippen LogP contribution in [0.25, 0.3) is 11.0 Å². The van der Waals surface area contributed by atoms with Gasteiger partial charge in [0.05, 0.1) is 11.0 Å². The van der Waals surface area contributed by atoms with E-state index in [4.69, 9.17) is 0 Å². The Labute approximate surface area is 83.8 Å². The molecule has 0 fully saturated rings. The van der Waals surface area contributed by atoms with E-state index in [1.165, 1.54) is 5.52 Å². The average Bonchev–Trinajstić information content (AvgIpc) is 2.55. The molecule has 0 saturated carbocycles. The molecule has 74 valence electrons. The number of aromatic nitrogens is 2. The second-order valence-electron chi connectivity index (χ2n) is 3.39. The third kappa shape index (κ3) is 1.25. The molecule has 0 aliphatic heterocycles. The second kappa shape index (κ2) is 3.33. The minimum atomic E-state index is 0.972. The van der Waals surface area contributed by atoms with E-state index in [0.29, 0.717) is 0 Å². The van der Waals surface area contributed by atoms with E-state index in [2.05, 4.69) is 47.0 Å². The van der Waals surface area contributed by atoms with E-state index in [-0.39, 0.29) is 0 Å². The van der Waals surface area contributed by atoms with Crippen LogP contribution in [-0.4, -0.2) is 16.6 Å². The van der Waals surface area contributed by atoms with Crippen LogP contribution in [0.1, 0.15) is 12.7 Å². The number of hydrogen-bond acceptors (Lipinski definition) is 2. The Morgan fingerprint density at radius 2 is 2.21 bits per heavy atom. The van der Waals surface area contributed by atoms with Crippen LogP contribution < -0.4 is 5.32 Å². The summed E-state index contributed by atoms with van der Waals surface area (Å²) in [4.78, 5) is 4.54. The SMILES string of the molecule is CCc1nc2ccc(NC)cc2n1C. The first-order valence-electron chi connectivity index (χ1n) is 4.89. The fourth-order valence-electron chi connectivity index (χ4n) is 1.71. The van der Waals surface area contributed by atoms with Crippen molar-refractivity contribution in [2.24, 2.45) is 7.05 Å². The van der Waals surface area contributed by atoms with Gasteiger partial charge in [0.2, 0.25) is 0 Å². The Balaban J connectivity index is 2.68. The quantitative estimate of drug-likeness (QED) is 0.784. The highest BCUT2D eigenvalue weighted by molar-refractivity contribution is 5.80. The molecule has 14 heavy (non-hydrogen) atoms. The Kier molecular flexibility index (Phi) is 2.15. The van der Waals surface area contributed by atoms with Crippen LogP contribution in [0.15, 0.2) is 18.2 Å². The number of benzene rings is 1. The summed E-state index contributed by atoms with van der Waals surface area (Å²) in [6.07, 6.45) is 0.972. The lowest BCUT2D eigenvalue weighted by Crippen LogP contribution is -1.95. The first kappa shape index (κ1) is 9.06. The lowest BCUT2D eigenvalue weighted by Gasteiger charge is -2.01. The van der Waals surface area contributed by atoms with Crippen LogP contribution in [0.2, 0.25) is 0 Å². The van der Waals surface area contributed by atoms with Gasteiger partial charge in [-0.05, 0) is 18.2 Å². The molecule has 2 aromatic rings. The minimum absolute atomic E-state index is 0.972. The fraction of sp³-hybridized carbons (Fsp3) is 0.364. The Morgan fingerprint density at radius 3 is 2.86 bits per heavy atom. The van der Waals surface area contributed by atoms with E-state index in [1.807, 2.05) is 7.05 Å². The van der Waals surface area contributed by atoms with Crippen LogP contribution in [0, 0.1) is 0 Å². The van der Waals surface area contributed by atoms with Crippen molar-refractivity contribution >= 4 is 16.7 Å². The van der Waals surface area contributed by atoms with E-state index in [0.717, 1.165) is 23.4 Å². The van der Waals surface area contributed by atoms with Gasteiger partial charge >= 0.3 is 0 Å². The Hall–Kier alpha value is -1.51. The molecule has 0 spiro atoms. The van der Waals surface area contributed by atoms with Gasteiger partial charge in [-0.15, -0.1) is 0 Å². The summed E-state index contributed by atoms with van der Waals surface area (Å²) in [7, 11) is 3.99. The summed E-state index contributed by atoms with van der Waals surface area (Å²) < 4.78 is 2.15. The highest BCUT2D eigenvalue weighted by Crippen LogP contribution is 2.19. The topological polar surface area (TPSA) is 29.9 Å². The number of hydrogen-bond donors (Lipinski definition) is 1. The lowest BCUT2D eigenvalue weighted by molar-refractivity contribution is 0.829. The van der Waals surface area contributed by atoms with Crippen LogP contribution in [0.4, 0.5) is 5.69 Å². The van der Waals surface area contributed by atoms with Gasteiger partial charge in [-0.3, -0.25) is 0 Å². The van der Waals surface area contributed by atoms with Crippen LogP contribution in [-0.2, 0) is 13.5 Å². The third-order valence-corrected chi connectivity index (χ3v) is 2.58. The molecular formula is C11H15N3. The first-order valence-corrected chi connectivity index (χ1v) is 4.89. The monoisotopic (exact) mass is 189 g/mol. The van der Waals surface area contributed by atoms with Crippen molar-refractivity contribution in [1.82, 2.24) is 9.55 Å². The molecule has 0 radical (unpaired) electrons. The van der Waals surface area contributed by atoms with Gasteiger partial charge in [-0.25, -0.2) is 4.98 Å². The summed E-state index contributed by atoms with van der Waals surface area (Å²) in [5.41, 5.74) is 3.39. The molecule has 1 aromatic heterocycles. The summed E-state index contributed by atoms with van der Waals surface area (Å²) >= 11 is 0. The zero-order valence-electron chi connectivity index (χ0n) is 8.83. The number of nitrogens with one attached hydrogen (secondary N) is 1. The molecular weight excluding hydrogens is 174 g/mol. The fourth-order valence-corrected chi connectivity index (χ4v) is 1.71. The smallest absolute Gasteiger partial charge is 0.109 e. The molecule has 0 amide bonds. The summed E-state index contributed by atoms with van der Waals surface area (Å²) in [5, 5.41) is 3.13. The van der Waals surface area contributed by atoms with Gasteiger partial charge in [-0.2, -0.15) is 0 Å². The van der Waals surface area contributed by atoms with Gasteiger partial charge in [0.15, 0.2) is 0 Å². The summed E-state index contributed by atoms with van der Waals surface area (Å²) in [6.45, 7) is 2.13. The minimum Gasteiger partial charge on any atom is -0.388 e. The van der Waals surface area contributed by atoms with Crippen molar-refractivity contribution in [3.8, 4) is 0 Å². The average molecular weight is 189 g/mol. The van der Waals surface area contributed by atoms with Gasteiger partial charge in [-0.1, -0.05) is 6.92 Å². The van der Waals surface area contributed by atoms with Crippen molar-refractivity contribution in [1.29, 1.82) is 0 Å². The third-order valence-electron chi connectivity index (χ3n) is 2.58. The van der Waals surface area contributed by atoms with E-state index in [9.17, 15) is 0 Å². The van der Waals surface area contributed by atoms with Crippen molar-refractivity contribution in [3.63, 3.8) is 0 Å². The molecule has 3 nitrogen and oxygen atoms in total. The Morgan fingerprint density at radius 1 is 1.43 bits per heavy atom. The van der Waals surface area contributed by atoms with E-state index in [1.54, 1.807) is 0 Å². The zero-order valence-corrected chi connectivity index (χ0v) is 8.83. The molecule has 1 N–H and O–H groups in total. The first-order chi connectivity index (χ1) is 6.76. The number of imidazole rings is 1. The van der Waals surface area contributed by atoms with Crippen molar-refractivity contribution in [2.75, 3.05) is 12.4 Å². The van der Waals surface area contributed by atoms with Gasteiger partial charge < -0.3 is 9.88 Å². The number of nitrogens with zero attached hydrogens (tertiary/aromatic N) is 2. The van der Waals surface area contributed by atoms with E-state index >= 15 is 0 Å². The van der Waals surface area contributed by atoms with Gasteiger partial charge in [0, 0.05) is 26.2 Å². The molecule has 3 heteroatoms. The molecule has 0 aliphatic carbocycles. The molecule has 0 aliphatic rings. The van der Waals surface area contributed by atoms with Gasteiger partial charge in [0.1, 0.15) is 5.82 Å². The standard InChI is InChI=1S/C11H15N3/c1-4-11-13-9-6-5-8(12-2)7-10(9)14(11)3/h5-7,12H,4H2,1-3H3. The summed E-state index contributed by atoms with van der Waals surface area (Å²) in [6, 6.07) is 6.23. The normalized spacial score (nSPS) is 10.8. The molecule has 0 unspecified atom stereocenters. The summed E-state index contributed by atoms with van der Waals surface area (Å²) in [5.74, 6) is 1.13. The molecule has 0 bridgehead atoms. The van der Waals surface area contributed by atoms with Crippen LogP contribution >= 0.6 is 0 Å². The zero-order chi connectivity index (χ0) is 10.1. The van der Waals surface area contributed by atoms with E-state index < -0.39 is 0 Å². The maximum atomic E-state index is 4.54. The number of aryl methyl sites for hydroxylation is 2. The highest BCUT2D eigenvalue weighted by Gasteiger charge is 2.05. The number of anilines is 1. The number of rotatable bonds is 2. The predicted octanol–water partition coefficient (Wildman–Crippen LogP) is 2.18. The molecule has 1 heterocycles. The molecule has 2 rings (SSSR count). The second-order valence-corrected chi connectivity index (χ2v) is 3.39. The predicted molar refractivity (Wildman–Crippen MR) is 59.6 cm³/mol. The van der Waals surface area contributed by atoms with Crippen molar-refractivity contribution < 1.29 is 0 Å². The number of fused-ring (bicyclic) bond motifs is 1. The highest BCUT2D eigenvalue weighted by atomic mass is 15.1. The molecule has 1 aromatic carbocycles. The molecule has 0 saturated heterocycles. The van der Waals surface area contributed by atoms with Crippen LogP contribution in [0.5, 0.6) is 0 Å². The largest absolute Gasteiger partial charge is 0.388 e. The molecule has 0 atom stereocenters. The maximum Gasteiger partial charge on any atom is 0.109 e. The van der Waals surface area contributed by atoms with Crippen molar-refractivity contribution in [3.05, 3.63) is 24.0 Å². The Bertz CT molecular complexity index is 457. The van der Waals surface area contributed by atoms with Crippen molar-refractivity contribution in [2.45, 2.75) is 13.3 Å². The lowest BCUT2D eigenvalue weighted by atomic mass is 10.3. The van der Waals surface area contributed by atoms with Gasteiger partial charge in [0.25, 0.3) is 0 Å².